The van der Waals surface area contributed by atoms with Gasteiger partial charge in [-0.15, -0.1) is 0 Å². The van der Waals surface area contributed by atoms with Gasteiger partial charge in [-0.25, -0.2) is 8.78 Å². The molecule has 0 spiro atoms. The smallest absolute Gasteiger partial charge is 0.144 e. The minimum Gasteiger partial charge on any atom is -0.311 e. The van der Waals surface area contributed by atoms with Crippen LogP contribution in [-0.4, -0.2) is 30.1 Å². The van der Waals surface area contributed by atoms with Crippen molar-refractivity contribution >= 4 is 15.9 Å². The molecule has 1 fully saturated rings. The zero-order valence-corrected chi connectivity index (χ0v) is 12.8. The highest BCUT2D eigenvalue weighted by molar-refractivity contribution is 9.10. The van der Waals surface area contributed by atoms with E-state index >= 15 is 0 Å². The molecule has 0 amide bonds. The Morgan fingerprint density at radius 2 is 2.16 bits per heavy atom. The van der Waals surface area contributed by atoms with Gasteiger partial charge in [-0.05, 0) is 41.4 Å². The number of rotatable bonds is 3. The fourth-order valence-corrected chi connectivity index (χ4v) is 2.78. The number of halogens is 3. The summed E-state index contributed by atoms with van der Waals surface area (Å²) in [5, 5.41) is 3.44. The molecule has 0 bridgehead atoms. The van der Waals surface area contributed by atoms with Gasteiger partial charge in [-0.2, -0.15) is 0 Å². The van der Waals surface area contributed by atoms with E-state index < -0.39 is 11.6 Å². The van der Waals surface area contributed by atoms with Crippen molar-refractivity contribution in [2.45, 2.75) is 38.9 Å². The molecule has 0 saturated carbocycles. The Morgan fingerprint density at radius 1 is 1.42 bits per heavy atom. The summed E-state index contributed by atoms with van der Waals surface area (Å²) >= 11 is 3.11. The summed E-state index contributed by atoms with van der Waals surface area (Å²) in [4.78, 5) is 2.14. The van der Waals surface area contributed by atoms with E-state index in [0.717, 1.165) is 19.5 Å². The van der Waals surface area contributed by atoms with E-state index in [4.69, 9.17) is 0 Å². The Morgan fingerprint density at radius 3 is 2.84 bits per heavy atom. The van der Waals surface area contributed by atoms with E-state index in [1.165, 1.54) is 12.1 Å². The molecule has 0 radical (unpaired) electrons. The minimum atomic E-state index is -0.487. The maximum atomic E-state index is 14.0. The van der Waals surface area contributed by atoms with Crippen molar-refractivity contribution in [3.8, 4) is 0 Å². The molecule has 1 aromatic carbocycles. The van der Waals surface area contributed by atoms with Crippen LogP contribution in [0.2, 0.25) is 0 Å². The van der Waals surface area contributed by atoms with Gasteiger partial charge in [-0.3, -0.25) is 4.90 Å². The highest BCUT2D eigenvalue weighted by Crippen LogP contribution is 2.24. The maximum Gasteiger partial charge on any atom is 0.144 e. The van der Waals surface area contributed by atoms with Crippen LogP contribution < -0.4 is 5.32 Å². The highest BCUT2D eigenvalue weighted by Gasteiger charge is 2.26. The third kappa shape index (κ3) is 3.33. The average Bonchev–Trinajstić information content (AvgIpc) is 2.41. The molecule has 0 aromatic heterocycles. The van der Waals surface area contributed by atoms with Crippen LogP contribution in [0, 0.1) is 11.6 Å². The molecule has 0 aliphatic carbocycles. The summed E-state index contributed by atoms with van der Waals surface area (Å²) in [5.41, 5.74) is 0.151. The second kappa shape index (κ2) is 6.29. The molecular weight excluding hydrogens is 314 g/mol. The number of benzene rings is 1. The summed E-state index contributed by atoms with van der Waals surface area (Å²) in [6, 6.07) is 3.40. The molecule has 1 aliphatic heterocycles. The molecule has 1 aromatic rings. The van der Waals surface area contributed by atoms with E-state index in [1.54, 1.807) is 0 Å². The predicted octanol–water partition coefficient (Wildman–Crippen LogP) is 3.30. The molecular formula is C14H19BrF2N2. The zero-order valence-electron chi connectivity index (χ0n) is 11.2. The van der Waals surface area contributed by atoms with Gasteiger partial charge in [-0.1, -0.05) is 6.92 Å². The second-order valence-electron chi connectivity index (χ2n) is 5.11. The van der Waals surface area contributed by atoms with Crippen molar-refractivity contribution in [1.82, 2.24) is 10.2 Å². The van der Waals surface area contributed by atoms with Crippen LogP contribution in [-0.2, 0) is 6.54 Å². The summed E-state index contributed by atoms with van der Waals surface area (Å²) in [5.74, 6) is -0.960. The first-order valence-electron chi connectivity index (χ1n) is 6.62. The lowest BCUT2D eigenvalue weighted by molar-refractivity contribution is 0.128. The largest absolute Gasteiger partial charge is 0.311 e. The van der Waals surface area contributed by atoms with Gasteiger partial charge in [0.15, 0.2) is 0 Å². The van der Waals surface area contributed by atoms with Crippen molar-refractivity contribution in [1.29, 1.82) is 0 Å². The van der Waals surface area contributed by atoms with E-state index in [9.17, 15) is 8.78 Å². The van der Waals surface area contributed by atoms with E-state index in [0.29, 0.717) is 17.1 Å². The van der Waals surface area contributed by atoms with Gasteiger partial charge in [0.25, 0.3) is 0 Å². The van der Waals surface area contributed by atoms with Crippen molar-refractivity contribution < 1.29 is 8.78 Å². The maximum absolute atomic E-state index is 14.0. The van der Waals surface area contributed by atoms with Gasteiger partial charge in [0.05, 0.1) is 4.47 Å². The summed E-state index contributed by atoms with van der Waals surface area (Å²) in [6.07, 6.45) is 1.02. The lowest BCUT2D eigenvalue weighted by atomic mass is 10.1. The molecule has 1 heterocycles. The van der Waals surface area contributed by atoms with Crippen LogP contribution in [0.3, 0.4) is 0 Å². The zero-order chi connectivity index (χ0) is 14.0. The molecule has 5 heteroatoms. The fraction of sp³-hybridized carbons (Fsp3) is 0.571. The Labute approximate surface area is 121 Å². The summed E-state index contributed by atoms with van der Waals surface area (Å²) < 4.78 is 28.1. The first kappa shape index (κ1) is 14.9. The third-order valence-corrected chi connectivity index (χ3v) is 4.39. The van der Waals surface area contributed by atoms with Gasteiger partial charge in [0.2, 0.25) is 0 Å². The predicted molar refractivity (Wildman–Crippen MR) is 76.0 cm³/mol. The molecule has 19 heavy (non-hydrogen) atoms. The molecule has 2 atom stereocenters. The molecule has 2 unspecified atom stereocenters. The molecule has 106 valence electrons. The number of hydrogen-bond donors (Lipinski definition) is 1. The van der Waals surface area contributed by atoms with Crippen LogP contribution in [0.15, 0.2) is 16.6 Å². The van der Waals surface area contributed by atoms with Crippen LogP contribution in [0.25, 0.3) is 0 Å². The highest BCUT2D eigenvalue weighted by atomic mass is 79.9. The van der Waals surface area contributed by atoms with Crippen LogP contribution in [0.4, 0.5) is 8.78 Å². The summed E-state index contributed by atoms with van der Waals surface area (Å²) in [6.45, 7) is 6.19. The topological polar surface area (TPSA) is 15.3 Å². The van der Waals surface area contributed by atoms with E-state index in [1.807, 2.05) is 0 Å². The van der Waals surface area contributed by atoms with Crippen LogP contribution in [0.5, 0.6) is 0 Å². The number of nitrogens with one attached hydrogen (secondary N) is 1. The van der Waals surface area contributed by atoms with Crippen molar-refractivity contribution in [3.63, 3.8) is 0 Å². The van der Waals surface area contributed by atoms with Crippen LogP contribution >= 0.6 is 15.9 Å². The normalized spacial score (nSPS) is 24.7. The Kier molecular flexibility index (Phi) is 4.92. The minimum absolute atomic E-state index is 0.151. The SMILES string of the molecule is CCC1CN(Cc2c(F)ccc(Br)c2F)C(C)CN1. The van der Waals surface area contributed by atoms with Gasteiger partial charge < -0.3 is 5.32 Å². The Bertz CT molecular complexity index is 453. The number of nitrogens with zero attached hydrogens (tertiary/aromatic N) is 1. The van der Waals surface area contributed by atoms with Crippen molar-refractivity contribution in [3.05, 3.63) is 33.8 Å². The molecule has 1 saturated heterocycles. The number of piperazine rings is 1. The van der Waals surface area contributed by atoms with Gasteiger partial charge in [0.1, 0.15) is 11.6 Å². The Balaban J connectivity index is 2.18. The standard InChI is InChI=1S/C14H19BrF2N2/c1-3-10-7-19(9(2)6-18-10)8-11-13(16)5-4-12(15)14(11)17/h4-5,9-10,18H,3,6-8H2,1-2H3. The lowest BCUT2D eigenvalue weighted by Crippen LogP contribution is -2.54. The molecule has 2 rings (SSSR count). The monoisotopic (exact) mass is 332 g/mol. The quantitative estimate of drug-likeness (QED) is 0.854. The number of hydrogen-bond acceptors (Lipinski definition) is 2. The molecule has 1 aliphatic rings. The second-order valence-corrected chi connectivity index (χ2v) is 5.97. The van der Waals surface area contributed by atoms with E-state index in [-0.39, 0.29) is 11.6 Å². The first-order valence-corrected chi connectivity index (χ1v) is 7.42. The molecule has 1 N–H and O–H groups in total. The first-order chi connectivity index (χ1) is 9.02. The lowest BCUT2D eigenvalue weighted by Gasteiger charge is -2.38. The van der Waals surface area contributed by atoms with Crippen molar-refractivity contribution in [2.75, 3.05) is 13.1 Å². The third-order valence-electron chi connectivity index (χ3n) is 3.77. The molecule has 2 nitrogen and oxygen atoms in total. The van der Waals surface area contributed by atoms with E-state index in [2.05, 4.69) is 40.0 Å². The average molecular weight is 333 g/mol. The van der Waals surface area contributed by atoms with Crippen molar-refractivity contribution in [2.24, 2.45) is 0 Å². The van der Waals surface area contributed by atoms with Gasteiger partial charge in [0, 0.05) is 37.3 Å². The summed E-state index contributed by atoms with van der Waals surface area (Å²) in [7, 11) is 0. The van der Waals surface area contributed by atoms with Crippen LogP contribution in [0.1, 0.15) is 25.8 Å². The fourth-order valence-electron chi connectivity index (χ4n) is 2.40. The van der Waals surface area contributed by atoms with Gasteiger partial charge >= 0.3 is 0 Å². The Hall–Kier alpha value is -0.520.